The smallest absolute Gasteiger partial charge is 0.125 e. The maximum Gasteiger partial charge on any atom is 0.125 e. The lowest BCUT2D eigenvalue weighted by atomic mass is 10.0. The molecule has 2 nitrogen and oxygen atoms in total. The van der Waals surface area contributed by atoms with E-state index in [-0.39, 0.29) is 0 Å². The van der Waals surface area contributed by atoms with Crippen LogP contribution in [0.2, 0.25) is 0 Å². The Morgan fingerprint density at radius 1 is 1.54 bits per heavy atom. The Balaban J connectivity index is 2.47. The molecule has 0 amide bonds. The molecule has 1 heterocycles. The van der Waals surface area contributed by atoms with Crippen molar-refractivity contribution in [2.45, 2.75) is 12.5 Å². The highest BCUT2D eigenvalue weighted by atomic mass is 79.9. The van der Waals surface area contributed by atoms with E-state index in [1.807, 2.05) is 19.2 Å². The summed E-state index contributed by atoms with van der Waals surface area (Å²) in [5, 5.41) is 3.29. The van der Waals surface area contributed by atoms with E-state index in [0.29, 0.717) is 6.04 Å². The van der Waals surface area contributed by atoms with Gasteiger partial charge in [0.05, 0.1) is 6.61 Å². The zero-order valence-electron chi connectivity index (χ0n) is 7.51. The van der Waals surface area contributed by atoms with Crippen LogP contribution in [0.3, 0.4) is 0 Å². The molecule has 0 aromatic heterocycles. The first-order valence-corrected chi connectivity index (χ1v) is 5.20. The highest BCUT2D eigenvalue weighted by Gasteiger charge is 2.21. The second kappa shape index (κ2) is 3.68. The van der Waals surface area contributed by atoms with Crippen molar-refractivity contribution in [3.05, 3.63) is 28.2 Å². The quantitative estimate of drug-likeness (QED) is 0.816. The normalized spacial score (nSPS) is 20.6. The molecule has 1 N–H and O–H groups in total. The molecule has 0 bridgehead atoms. The van der Waals surface area contributed by atoms with E-state index in [4.69, 9.17) is 4.74 Å². The summed E-state index contributed by atoms with van der Waals surface area (Å²) in [7, 11) is 1.99. The van der Waals surface area contributed by atoms with Crippen LogP contribution in [0.25, 0.3) is 0 Å². The van der Waals surface area contributed by atoms with Gasteiger partial charge in [-0.05, 0) is 19.2 Å². The molecular formula is C10H12BrNO. The van der Waals surface area contributed by atoms with E-state index in [1.54, 1.807) is 0 Å². The highest BCUT2D eigenvalue weighted by molar-refractivity contribution is 9.10. The molecule has 0 saturated carbocycles. The fourth-order valence-electron chi connectivity index (χ4n) is 1.70. The van der Waals surface area contributed by atoms with Crippen molar-refractivity contribution < 1.29 is 4.74 Å². The largest absolute Gasteiger partial charge is 0.493 e. The van der Waals surface area contributed by atoms with Gasteiger partial charge in [-0.1, -0.05) is 22.0 Å². The average Bonchev–Trinajstić information content (AvgIpc) is 2.17. The van der Waals surface area contributed by atoms with Crippen molar-refractivity contribution >= 4 is 15.9 Å². The molecule has 1 unspecified atom stereocenters. The number of fused-ring (bicyclic) bond motifs is 1. The zero-order valence-corrected chi connectivity index (χ0v) is 9.10. The first-order valence-electron chi connectivity index (χ1n) is 4.41. The summed E-state index contributed by atoms with van der Waals surface area (Å²) in [5.41, 5.74) is 1.25. The Morgan fingerprint density at radius 2 is 2.38 bits per heavy atom. The molecule has 1 aliphatic heterocycles. The van der Waals surface area contributed by atoms with Crippen molar-refractivity contribution in [3.8, 4) is 5.75 Å². The molecule has 0 fully saturated rings. The van der Waals surface area contributed by atoms with Crippen molar-refractivity contribution in [3.63, 3.8) is 0 Å². The number of nitrogens with one attached hydrogen (secondary N) is 1. The third-order valence-corrected chi connectivity index (χ3v) is 3.07. The van der Waals surface area contributed by atoms with Crippen LogP contribution in [0.15, 0.2) is 22.7 Å². The summed E-state index contributed by atoms with van der Waals surface area (Å²) in [6.07, 6.45) is 1.03. The second-order valence-electron chi connectivity index (χ2n) is 3.13. The number of benzene rings is 1. The fourth-order valence-corrected chi connectivity index (χ4v) is 2.33. The Labute approximate surface area is 86.4 Å². The molecule has 1 aromatic carbocycles. The van der Waals surface area contributed by atoms with Crippen LogP contribution in [0.4, 0.5) is 0 Å². The Hall–Kier alpha value is -0.540. The molecule has 1 aromatic rings. The SMILES string of the molecule is CNC1CCOc2cccc(Br)c21. The first-order chi connectivity index (χ1) is 6.33. The van der Waals surface area contributed by atoms with E-state index < -0.39 is 0 Å². The van der Waals surface area contributed by atoms with Gasteiger partial charge in [0.15, 0.2) is 0 Å². The van der Waals surface area contributed by atoms with Crippen LogP contribution >= 0.6 is 15.9 Å². The molecule has 0 spiro atoms. The molecule has 1 aliphatic rings. The predicted molar refractivity (Wildman–Crippen MR) is 56.1 cm³/mol. The molecule has 0 radical (unpaired) electrons. The lowest BCUT2D eigenvalue weighted by molar-refractivity contribution is 0.257. The maximum atomic E-state index is 5.57. The third-order valence-electron chi connectivity index (χ3n) is 2.37. The van der Waals surface area contributed by atoms with Crippen LogP contribution in [0.5, 0.6) is 5.75 Å². The Morgan fingerprint density at radius 3 is 3.15 bits per heavy atom. The van der Waals surface area contributed by atoms with Gasteiger partial charge >= 0.3 is 0 Å². The van der Waals surface area contributed by atoms with Crippen LogP contribution in [-0.2, 0) is 0 Å². The summed E-state index contributed by atoms with van der Waals surface area (Å²) in [5.74, 6) is 1.000. The van der Waals surface area contributed by atoms with Crippen molar-refractivity contribution in [1.29, 1.82) is 0 Å². The topological polar surface area (TPSA) is 21.3 Å². The van der Waals surface area contributed by atoms with E-state index in [1.165, 1.54) is 5.56 Å². The maximum absolute atomic E-state index is 5.57. The monoisotopic (exact) mass is 241 g/mol. The number of ether oxygens (including phenoxy) is 1. The summed E-state index contributed by atoms with van der Waals surface area (Å²) < 4.78 is 6.70. The molecule has 2 rings (SSSR count). The van der Waals surface area contributed by atoms with Crippen LogP contribution in [0, 0.1) is 0 Å². The van der Waals surface area contributed by atoms with Gasteiger partial charge in [-0.25, -0.2) is 0 Å². The van der Waals surface area contributed by atoms with E-state index in [0.717, 1.165) is 23.2 Å². The number of halogens is 1. The van der Waals surface area contributed by atoms with Gasteiger partial charge in [0.2, 0.25) is 0 Å². The molecule has 13 heavy (non-hydrogen) atoms. The fraction of sp³-hybridized carbons (Fsp3) is 0.400. The molecule has 1 atom stereocenters. The first kappa shape index (κ1) is 9.03. The van der Waals surface area contributed by atoms with Gasteiger partial charge < -0.3 is 10.1 Å². The minimum Gasteiger partial charge on any atom is -0.493 e. The summed E-state index contributed by atoms with van der Waals surface area (Å²) in [4.78, 5) is 0. The minimum absolute atomic E-state index is 0.416. The third kappa shape index (κ3) is 1.58. The van der Waals surface area contributed by atoms with Gasteiger partial charge in [0.25, 0.3) is 0 Å². The van der Waals surface area contributed by atoms with Crippen molar-refractivity contribution in [2.24, 2.45) is 0 Å². The summed E-state index contributed by atoms with van der Waals surface area (Å²) in [6.45, 7) is 0.801. The molecule has 70 valence electrons. The molecule has 0 aliphatic carbocycles. The summed E-state index contributed by atoms with van der Waals surface area (Å²) in [6, 6.07) is 6.49. The molecule has 3 heteroatoms. The lowest BCUT2D eigenvalue weighted by Gasteiger charge is -2.26. The van der Waals surface area contributed by atoms with Crippen LogP contribution in [-0.4, -0.2) is 13.7 Å². The number of hydrogen-bond acceptors (Lipinski definition) is 2. The van der Waals surface area contributed by atoms with E-state index >= 15 is 0 Å². The Bertz CT molecular complexity index is 314. The van der Waals surface area contributed by atoms with E-state index in [2.05, 4.69) is 27.3 Å². The van der Waals surface area contributed by atoms with Crippen molar-refractivity contribution in [2.75, 3.05) is 13.7 Å². The van der Waals surface area contributed by atoms with Crippen molar-refractivity contribution in [1.82, 2.24) is 5.32 Å². The van der Waals surface area contributed by atoms with Gasteiger partial charge in [-0.2, -0.15) is 0 Å². The van der Waals surface area contributed by atoms with Gasteiger partial charge in [0, 0.05) is 22.5 Å². The predicted octanol–water partition coefficient (Wildman–Crippen LogP) is 2.49. The highest BCUT2D eigenvalue weighted by Crippen LogP contribution is 2.36. The molecule has 0 saturated heterocycles. The summed E-state index contributed by atoms with van der Waals surface area (Å²) >= 11 is 3.54. The Kier molecular flexibility index (Phi) is 2.56. The van der Waals surface area contributed by atoms with Gasteiger partial charge in [-0.15, -0.1) is 0 Å². The zero-order chi connectivity index (χ0) is 9.26. The number of rotatable bonds is 1. The standard InChI is InChI=1S/C10H12BrNO/c1-12-8-5-6-13-9-4-2-3-7(11)10(8)9/h2-4,8,12H,5-6H2,1H3. The number of hydrogen-bond donors (Lipinski definition) is 1. The average molecular weight is 242 g/mol. The van der Waals surface area contributed by atoms with Crippen LogP contribution < -0.4 is 10.1 Å². The minimum atomic E-state index is 0.416. The lowest BCUT2D eigenvalue weighted by Crippen LogP contribution is -2.24. The second-order valence-corrected chi connectivity index (χ2v) is 3.98. The van der Waals surface area contributed by atoms with Gasteiger partial charge in [0.1, 0.15) is 5.75 Å². The van der Waals surface area contributed by atoms with Crippen LogP contribution in [0.1, 0.15) is 18.0 Å². The van der Waals surface area contributed by atoms with Gasteiger partial charge in [-0.3, -0.25) is 0 Å². The van der Waals surface area contributed by atoms with E-state index in [9.17, 15) is 0 Å². The molecular weight excluding hydrogens is 230 g/mol.